The molecule has 0 saturated heterocycles. The lowest BCUT2D eigenvalue weighted by atomic mass is 9.82. The van der Waals surface area contributed by atoms with Gasteiger partial charge in [-0.1, -0.05) is 91.0 Å². The van der Waals surface area contributed by atoms with Crippen LogP contribution >= 0.6 is 0 Å². The molecule has 436 valence electrons. The first-order chi connectivity index (χ1) is 35.7. The van der Waals surface area contributed by atoms with Crippen molar-refractivity contribution in [1.29, 1.82) is 0 Å². The predicted molar refractivity (Wildman–Crippen MR) is 297 cm³/mol. The van der Waals surface area contributed by atoms with Gasteiger partial charge in [0.1, 0.15) is 36.5 Å². The fourth-order valence-electron chi connectivity index (χ4n) is 9.44. The number of aliphatic hydroxyl groups is 2. The lowest BCUT2D eigenvalue weighted by Crippen LogP contribution is -2.45. The summed E-state index contributed by atoms with van der Waals surface area (Å²) >= 11 is 0. The van der Waals surface area contributed by atoms with E-state index in [1.807, 2.05) is 53.7 Å². The van der Waals surface area contributed by atoms with Crippen LogP contribution < -0.4 is 0 Å². The second kappa shape index (κ2) is 36.8. The van der Waals surface area contributed by atoms with E-state index in [0.29, 0.717) is 38.5 Å². The van der Waals surface area contributed by atoms with Crippen molar-refractivity contribution < 1.29 is 67.3 Å². The van der Waals surface area contributed by atoms with Crippen molar-refractivity contribution in [1.82, 2.24) is 14.7 Å². The Balaban J connectivity index is 3.64. The zero-order valence-corrected chi connectivity index (χ0v) is 49.6. The molecule has 0 spiro atoms. The minimum absolute atomic E-state index is 0.131. The van der Waals surface area contributed by atoms with Gasteiger partial charge in [0.25, 0.3) is 0 Å². The number of nitrogens with zero attached hydrogens (tertiary/aromatic N) is 3. The SMILES string of the molecule is COCC(C(=O)O[C@H]1[C@H](C)[C@H](O)C/C=C/C=C/C(=O)O[C@H]([C@@H](C)[C@@H](O)[C@@H](C)CC[C@@H](OC(=O)C(C)N(C)C)[C@H](C)[C@H](OC(C)=O)[C@H](C)/C=C/N(C)C=O)C/C=C/[C@H](OC)C[C@H](C)C/C=C(\C)[C@@H](OC)CC[C@H]1C)N(C)C. The number of likely N-dealkylation sites (N-methyl/N-ethyl adjacent to an activating group) is 2. The first kappa shape index (κ1) is 69.8. The van der Waals surface area contributed by atoms with E-state index in [0.717, 1.165) is 12.0 Å². The van der Waals surface area contributed by atoms with Crippen molar-refractivity contribution in [3.63, 3.8) is 0 Å². The molecule has 17 heteroatoms. The Kier molecular flexibility index (Phi) is 33.8. The number of amides is 1. The Bertz CT molecular complexity index is 1870. The molecule has 17 atom stereocenters. The first-order valence-corrected chi connectivity index (χ1v) is 27.3. The number of aliphatic hydroxyl groups excluding tert-OH is 2. The summed E-state index contributed by atoms with van der Waals surface area (Å²) < 4.78 is 41.6. The van der Waals surface area contributed by atoms with Gasteiger partial charge in [0.15, 0.2) is 0 Å². The summed E-state index contributed by atoms with van der Waals surface area (Å²) in [6.45, 7) is 18.8. The largest absolute Gasteiger partial charge is 0.462 e. The summed E-state index contributed by atoms with van der Waals surface area (Å²) in [6, 6.07) is -1.20. The van der Waals surface area contributed by atoms with E-state index in [4.69, 9.17) is 33.2 Å². The van der Waals surface area contributed by atoms with Crippen molar-refractivity contribution in [2.24, 2.45) is 41.4 Å². The van der Waals surface area contributed by atoms with Gasteiger partial charge in [-0.05, 0) is 110 Å². The third-order valence-corrected chi connectivity index (χ3v) is 15.2. The molecule has 1 heterocycles. The minimum atomic E-state index is -0.966. The molecule has 76 heavy (non-hydrogen) atoms. The van der Waals surface area contributed by atoms with Crippen LogP contribution in [0.2, 0.25) is 0 Å². The summed E-state index contributed by atoms with van der Waals surface area (Å²) in [4.78, 5) is 69.2. The average Bonchev–Trinajstić information content (AvgIpc) is 3.37. The summed E-state index contributed by atoms with van der Waals surface area (Å²) in [7, 11) is 13.6. The number of rotatable bonds is 23. The van der Waals surface area contributed by atoms with Crippen LogP contribution in [0.15, 0.2) is 60.4 Å². The van der Waals surface area contributed by atoms with Gasteiger partial charge in [-0.25, -0.2) is 4.79 Å². The lowest BCUT2D eigenvalue weighted by molar-refractivity contribution is -0.166. The highest BCUT2D eigenvalue weighted by Gasteiger charge is 2.38. The van der Waals surface area contributed by atoms with Crippen LogP contribution in [0.5, 0.6) is 0 Å². The molecule has 0 aromatic carbocycles. The standard InChI is InChI=1S/C59H101N3O14/c1-38-27-28-39(2)51(72-18)31-30-41(4)56(76-59(69)49(36-70-16)61(13)14)43(6)50(65)24-20-19-21-26-54(66)74-52(25-22-23-48(35-38)71-17)44(7)55(67)40(3)29-32-53(75-58(68)46(9)60(11)12)45(8)57(73-47(10)64)42(5)33-34-62(15)37-63/h19-23,26,28,33-34,37-38,40-46,48-53,55-57,65,67H,24-25,27,29-32,35-36H2,1-18H3/b20-19+,23-22+,26-21+,34-33+,39-28+/t38-,40+,41-,42-,43-,44-,45+,46?,48+,49?,50-,51+,52+,53-,55+,56-,57-/m1/s1. The van der Waals surface area contributed by atoms with E-state index in [-0.39, 0.29) is 55.3 Å². The molecule has 0 aromatic rings. The highest BCUT2D eigenvalue weighted by molar-refractivity contribution is 5.82. The third-order valence-electron chi connectivity index (χ3n) is 15.2. The maximum Gasteiger partial charge on any atom is 0.331 e. The zero-order valence-electron chi connectivity index (χ0n) is 49.6. The summed E-state index contributed by atoms with van der Waals surface area (Å²) in [5.74, 6) is -4.14. The van der Waals surface area contributed by atoms with Gasteiger partial charge in [0.05, 0.1) is 31.0 Å². The smallest absolute Gasteiger partial charge is 0.331 e. The molecule has 0 bridgehead atoms. The van der Waals surface area contributed by atoms with Crippen molar-refractivity contribution >= 4 is 30.3 Å². The van der Waals surface area contributed by atoms with Gasteiger partial charge in [-0.3, -0.25) is 29.0 Å². The van der Waals surface area contributed by atoms with Crippen LogP contribution in [0.4, 0.5) is 0 Å². The Hall–Kier alpha value is -4.23. The molecular formula is C59H101N3O14. The summed E-state index contributed by atoms with van der Waals surface area (Å²) in [5.41, 5.74) is 1.10. The lowest BCUT2D eigenvalue weighted by Gasteiger charge is -2.35. The number of ether oxygens (including phenoxy) is 7. The quantitative estimate of drug-likeness (QED) is 0.0435. The molecule has 0 saturated carbocycles. The Labute approximate surface area is 457 Å². The van der Waals surface area contributed by atoms with Gasteiger partial charge in [-0.15, -0.1) is 0 Å². The van der Waals surface area contributed by atoms with E-state index >= 15 is 0 Å². The van der Waals surface area contributed by atoms with Gasteiger partial charge in [0, 0.05) is 77.7 Å². The van der Waals surface area contributed by atoms with E-state index in [2.05, 4.69) is 19.9 Å². The van der Waals surface area contributed by atoms with Crippen LogP contribution in [-0.4, -0.2) is 179 Å². The van der Waals surface area contributed by atoms with Gasteiger partial charge in [-0.2, -0.15) is 0 Å². The van der Waals surface area contributed by atoms with E-state index in [1.54, 1.807) is 96.7 Å². The number of hydrogen-bond acceptors (Lipinski definition) is 16. The molecule has 2 N–H and O–H groups in total. The van der Waals surface area contributed by atoms with Crippen LogP contribution in [-0.2, 0) is 57.1 Å². The number of carbonyl (C=O) groups is 5. The molecule has 17 nitrogen and oxygen atoms in total. The zero-order chi connectivity index (χ0) is 57.8. The number of allylic oxidation sites excluding steroid dienone is 3. The Morgan fingerprint density at radius 1 is 0.868 bits per heavy atom. The molecule has 1 amide bonds. The molecule has 1 aliphatic heterocycles. The van der Waals surface area contributed by atoms with Gasteiger partial charge >= 0.3 is 23.9 Å². The monoisotopic (exact) mass is 1080 g/mol. The number of carbonyl (C=O) groups excluding carboxylic acids is 5. The number of methoxy groups -OCH3 is 3. The molecule has 0 fully saturated rings. The van der Waals surface area contributed by atoms with Gasteiger partial charge in [0.2, 0.25) is 6.41 Å². The highest BCUT2D eigenvalue weighted by Crippen LogP contribution is 2.32. The Morgan fingerprint density at radius 2 is 1.54 bits per heavy atom. The predicted octanol–water partition coefficient (Wildman–Crippen LogP) is 7.74. The minimum Gasteiger partial charge on any atom is -0.462 e. The average molecular weight is 1080 g/mol. The van der Waals surface area contributed by atoms with Crippen molar-refractivity contribution in [3.8, 4) is 0 Å². The first-order valence-electron chi connectivity index (χ1n) is 27.3. The van der Waals surface area contributed by atoms with E-state index < -0.39 is 90.3 Å². The molecular weight excluding hydrogens is 975 g/mol. The van der Waals surface area contributed by atoms with Crippen LogP contribution in [0, 0.1) is 41.4 Å². The van der Waals surface area contributed by atoms with E-state index in [1.165, 1.54) is 25.0 Å². The topological polar surface area (TPSA) is 200 Å². The van der Waals surface area contributed by atoms with Crippen LogP contribution in [0.1, 0.15) is 121 Å². The second-order valence-electron chi connectivity index (χ2n) is 21.9. The van der Waals surface area contributed by atoms with Crippen molar-refractivity contribution in [2.45, 2.75) is 182 Å². The maximum absolute atomic E-state index is 13.6. The van der Waals surface area contributed by atoms with Crippen LogP contribution in [0.3, 0.4) is 0 Å². The summed E-state index contributed by atoms with van der Waals surface area (Å²) in [6.07, 6.45) is 15.4. The Morgan fingerprint density at radius 3 is 2.12 bits per heavy atom. The molecule has 1 aliphatic rings. The van der Waals surface area contributed by atoms with Crippen molar-refractivity contribution in [3.05, 3.63) is 60.4 Å². The van der Waals surface area contributed by atoms with Gasteiger partial charge < -0.3 is 48.3 Å². The maximum atomic E-state index is 13.6. The van der Waals surface area contributed by atoms with Crippen molar-refractivity contribution in [2.75, 3.05) is 63.2 Å². The highest BCUT2D eigenvalue weighted by atomic mass is 16.6. The molecule has 0 aromatic heterocycles. The summed E-state index contributed by atoms with van der Waals surface area (Å²) in [5, 5.41) is 23.6. The molecule has 1 rings (SSSR count). The molecule has 0 aliphatic carbocycles. The molecule has 2 unspecified atom stereocenters. The third kappa shape index (κ3) is 25.1. The molecule has 0 radical (unpaired) electrons. The fourth-order valence-corrected chi connectivity index (χ4v) is 9.44. The van der Waals surface area contributed by atoms with E-state index in [9.17, 15) is 34.2 Å². The second-order valence-corrected chi connectivity index (χ2v) is 21.9. The number of esters is 4. The fraction of sp³-hybridized carbons (Fsp3) is 0.746. The number of hydrogen-bond donors (Lipinski definition) is 2. The van der Waals surface area contributed by atoms with Crippen LogP contribution in [0.25, 0.3) is 0 Å². The normalized spacial score (nSPS) is 28.6. The number of cyclic esters (lactones) is 1.